The normalized spacial score (nSPS) is 26.7. The van der Waals surface area contributed by atoms with Crippen molar-refractivity contribution in [3.05, 3.63) is 0 Å². The van der Waals surface area contributed by atoms with Gasteiger partial charge in [0.25, 0.3) is 0 Å². The first-order valence-corrected chi connectivity index (χ1v) is 5.70. The fourth-order valence-electron chi connectivity index (χ4n) is 1.83. The highest BCUT2D eigenvalue weighted by Gasteiger charge is 2.25. The monoisotopic (exact) mass is 231 g/mol. The van der Waals surface area contributed by atoms with E-state index in [1.165, 1.54) is 7.11 Å². The maximum Gasteiger partial charge on any atom is 0.305 e. The largest absolute Gasteiger partial charge is 0.469 e. The summed E-state index contributed by atoms with van der Waals surface area (Å²) in [6, 6.07) is 0.348. The van der Waals surface area contributed by atoms with Crippen LogP contribution in [0.15, 0.2) is 0 Å². The van der Waals surface area contributed by atoms with Gasteiger partial charge in [-0.1, -0.05) is 0 Å². The van der Waals surface area contributed by atoms with E-state index >= 15 is 0 Å². The number of morpholine rings is 1. The molecular weight excluding hydrogens is 210 g/mol. The number of rotatable bonds is 5. The third-order valence-electron chi connectivity index (χ3n) is 2.89. The molecule has 0 radical (unpaired) electrons. The van der Waals surface area contributed by atoms with Gasteiger partial charge in [-0.05, 0) is 19.9 Å². The summed E-state index contributed by atoms with van der Waals surface area (Å²) < 4.78 is 10.0. The molecule has 1 heterocycles. The smallest absolute Gasteiger partial charge is 0.305 e. The van der Waals surface area contributed by atoms with Crippen molar-refractivity contribution < 1.29 is 19.4 Å². The number of hydrogen-bond donors (Lipinski definition) is 1. The third-order valence-corrected chi connectivity index (χ3v) is 2.89. The van der Waals surface area contributed by atoms with Crippen molar-refractivity contribution in [2.45, 2.75) is 31.9 Å². The number of carbonyl (C=O) groups is 1. The van der Waals surface area contributed by atoms with Crippen molar-refractivity contribution in [3.63, 3.8) is 0 Å². The maximum absolute atomic E-state index is 11.0. The number of aliphatic hydroxyl groups excluding tert-OH is 1. The van der Waals surface area contributed by atoms with E-state index in [2.05, 4.69) is 16.6 Å². The predicted molar refractivity (Wildman–Crippen MR) is 59.1 cm³/mol. The van der Waals surface area contributed by atoms with Crippen LogP contribution in [0, 0.1) is 0 Å². The summed E-state index contributed by atoms with van der Waals surface area (Å²) in [5.74, 6) is -0.167. The topological polar surface area (TPSA) is 59.0 Å². The quantitative estimate of drug-likeness (QED) is 0.676. The van der Waals surface area contributed by atoms with Gasteiger partial charge in [0.05, 0.1) is 26.4 Å². The molecular formula is C11H21NO4. The van der Waals surface area contributed by atoms with E-state index in [4.69, 9.17) is 9.84 Å². The highest BCUT2D eigenvalue weighted by molar-refractivity contribution is 5.69. The molecule has 16 heavy (non-hydrogen) atoms. The fourth-order valence-corrected chi connectivity index (χ4v) is 1.83. The van der Waals surface area contributed by atoms with Crippen LogP contribution in [0.25, 0.3) is 0 Å². The zero-order valence-corrected chi connectivity index (χ0v) is 10.0. The lowest BCUT2D eigenvalue weighted by Gasteiger charge is -2.37. The van der Waals surface area contributed by atoms with Gasteiger partial charge >= 0.3 is 5.97 Å². The van der Waals surface area contributed by atoms with E-state index in [0.717, 1.165) is 19.5 Å². The molecule has 1 rings (SSSR count). The first kappa shape index (κ1) is 13.4. The molecule has 0 aromatic heterocycles. The number of hydrogen-bond acceptors (Lipinski definition) is 5. The van der Waals surface area contributed by atoms with Gasteiger partial charge in [0.15, 0.2) is 0 Å². The lowest BCUT2D eigenvalue weighted by atomic mass is 10.2. The standard InChI is InChI=1S/C11H21NO4/c1-9-8-16-10(7-13)6-12(9)5-3-4-11(14)15-2/h9-10,13H,3-8H2,1-2H3. The SMILES string of the molecule is COC(=O)CCCN1CC(CO)OCC1C. The van der Waals surface area contributed by atoms with Crippen molar-refractivity contribution in [1.29, 1.82) is 0 Å². The van der Waals surface area contributed by atoms with E-state index in [1.807, 2.05) is 0 Å². The molecule has 0 aromatic carbocycles. The van der Waals surface area contributed by atoms with Crippen molar-refractivity contribution >= 4 is 5.97 Å². The zero-order chi connectivity index (χ0) is 12.0. The van der Waals surface area contributed by atoms with Gasteiger partial charge in [-0.3, -0.25) is 9.69 Å². The third kappa shape index (κ3) is 4.08. The molecule has 2 unspecified atom stereocenters. The van der Waals surface area contributed by atoms with Crippen LogP contribution in [-0.4, -0.2) is 61.5 Å². The lowest BCUT2D eigenvalue weighted by Crippen LogP contribution is -2.49. The van der Waals surface area contributed by atoms with Crippen LogP contribution in [-0.2, 0) is 14.3 Å². The molecule has 1 aliphatic heterocycles. The Kier molecular flexibility index (Phi) is 5.73. The minimum atomic E-state index is -0.167. The van der Waals surface area contributed by atoms with Gasteiger partial charge in [0.2, 0.25) is 0 Å². The second kappa shape index (κ2) is 6.83. The number of carbonyl (C=O) groups excluding carboxylic acids is 1. The summed E-state index contributed by atoms with van der Waals surface area (Å²) >= 11 is 0. The summed E-state index contributed by atoms with van der Waals surface area (Å²) in [4.78, 5) is 13.2. The van der Waals surface area contributed by atoms with Crippen molar-refractivity contribution in [3.8, 4) is 0 Å². The predicted octanol–water partition coefficient (Wildman–Crippen LogP) is 0.0212. The van der Waals surface area contributed by atoms with E-state index in [-0.39, 0.29) is 18.7 Å². The molecule has 0 spiro atoms. The van der Waals surface area contributed by atoms with E-state index in [9.17, 15) is 4.79 Å². The number of ether oxygens (including phenoxy) is 2. The number of aliphatic hydroxyl groups is 1. The molecule has 1 aliphatic rings. The molecule has 0 aliphatic carbocycles. The lowest BCUT2D eigenvalue weighted by molar-refractivity contribution is -0.141. The molecule has 0 saturated carbocycles. The van der Waals surface area contributed by atoms with Crippen LogP contribution >= 0.6 is 0 Å². The highest BCUT2D eigenvalue weighted by Crippen LogP contribution is 2.12. The second-order valence-electron chi connectivity index (χ2n) is 4.16. The maximum atomic E-state index is 11.0. The summed E-state index contributed by atoms with van der Waals surface area (Å²) in [5.41, 5.74) is 0. The molecule has 0 bridgehead atoms. The van der Waals surface area contributed by atoms with Crippen molar-refractivity contribution in [2.24, 2.45) is 0 Å². The molecule has 2 atom stereocenters. The van der Waals surface area contributed by atoms with Crippen LogP contribution in [0.2, 0.25) is 0 Å². The fraction of sp³-hybridized carbons (Fsp3) is 0.909. The van der Waals surface area contributed by atoms with Crippen molar-refractivity contribution in [2.75, 3.05) is 33.4 Å². The number of methoxy groups -OCH3 is 1. The Morgan fingerprint density at radius 3 is 3.00 bits per heavy atom. The Balaban J connectivity index is 2.25. The van der Waals surface area contributed by atoms with Gasteiger partial charge in [0.1, 0.15) is 0 Å². The molecule has 1 fully saturated rings. The molecule has 94 valence electrons. The van der Waals surface area contributed by atoms with Crippen LogP contribution in [0.5, 0.6) is 0 Å². The minimum absolute atomic E-state index is 0.0558. The highest BCUT2D eigenvalue weighted by atomic mass is 16.5. The summed E-state index contributed by atoms with van der Waals surface area (Å²) in [7, 11) is 1.40. The molecule has 5 nitrogen and oxygen atoms in total. The molecule has 5 heteroatoms. The molecule has 1 N–H and O–H groups in total. The summed E-state index contributed by atoms with van der Waals surface area (Å²) in [6.07, 6.45) is 1.15. The van der Waals surface area contributed by atoms with E-state index in [0.29, 0.717) is 19.1 Å². The second-order valence-corrected chi connectivity index (χ2v) is 4.16. The van der Waals surface area contributed by atoms with Crippen LogP contribution in [0.3, 0.4) is 0 Å². The van der Waals surface area contributed by atoms with Crippen molar-refractivity contribution in [1.82, 2.24) is 4.90 Å². The first-order chi connectivity index (χ1) is 7.67. The molecule has 1 saturated heterocycles. The molecule has 0 aromatic rings. The van der Waals surface area contributed by atoms with Crippen LogP contribution in [0.1, 0.15) is 19.8 Å². The Hall–Kier alpha value is -0.650. The Bertz CT molecular complexity index is 222. The Morgan fingerprint density at radius 1 is 1.62 bits per heavy atom. The summed E-state index contributed by atoms with van der Waals surface area (Å²) in [5, 5.41) is 9.02. The number of nitrogens with zero attached hydrogens (tertiary/aromatic N) is 1. The van der Waals surface area contributed by atoms with Crippen LogP contribution in [0.4, 0.5) is 0 Å². The number of esters is 1. The average molecular weight is 231 g/mol. The van der Waals surface area contributed by atoms with Gasteiger partial charge in [-0.15, -0.1) is 0 Å². The Labute approximate surface area is 96.3 Å². The zero-order valence-electron chi connectivity index (χ0n) is 10.0. The first-order valence-electron chi connectivity index (χ1n) is 5.70. The Morgan fingerprint density at radius 2 is 2.38 bits per heavy atom. The van der Waals surface area contributed by atoms with Crippen LogP contribution < -0.4 is 0 Å². The average Bonchev–Trinajstić information content (AvgIpc) is 2.31. The minimum Gasteiger partial charge on any atom is -0.469 e. The van der Waals surface area contributed by atoms with Gasteiger partial charge < -0.3 is 14.6 Å². The van der Waals surface area contributed by atoms with E-state index in [1.54, 1.807) is 0 Å². The van der Waals surface area contributed by atoms with E-state index < -0.39 is 0 Å². The van der Waals surface area contributed by atoms with Gasteiger partial charge in [-0.2, -0.15) is 0 Å². The summed E-state index contributed by atoms with van der Waals surface area (Å²) in [6.45, 7) is 4.37. The van der Waals surface area contributed by atoms with Gasteiger partial charge in [0, 0.05) is 19.0 Å². The molecule has 0 amide bonds. The van der Waals surface area contributed by atoms with Gasteiger partial charge in [-0.25, -0.2) is 0 Å².